The minimum atomic E-state index is -0.436. The van der Waals surface area contributed by atoms with E-state index in [2.05, 4.69) is 15.5 Å². The van der Waals surface area contributed by atoms with Crippen molar-refractivity contribution in [3.05, 3.63) is 94.2 Å². The Morgan fingerprint density at radius 2 is 1.65 bits per heavy atom. The van der Waals surface area contributed by atoms with Crippen molar-refractivity contribution in [2.75, 3.05) is 44.7 Å². The van der Waals surface area contributed by atoms with Crippen LogP contribution in [-0.2, 0) is 4.74 Å². The Hall–Kier alpha value is -3.82. The highest BCUT2D eigenvalue weighted by atomic mass is 19.1. The number of rotatable bonds is 7. The van der Waals surface area contributed by atoms with Crippen molar-refractivity contribution < 1.29 is 18.7 Å². The lowest BCUT2D eigenvalue weighted by Gasteiger charge is -2.26. The van der Waals surface area contributed by atoms with Crippen LogP contribution in [0.1, 0.15) is 20.7 Å². The normalized spacial score (nSPS) is 13.9. The zero-order valence-corrected chi connectivity index (χ0v) is 18.5. The highest BCUT2D eigenvalue weighted by Gasteiger charge is 2.15. The van der Waals surface area contributed by atoms with Crippen LogP contribution in [-0.4, -0.2) is 60.7 Å². The molecule has 2 aromatic carbocycles. The summed E-state index contributed by atoms with van der Waals surface area (Å²) in [5, 5.41) is 5.54. The van der Waals surface area contributed by atoms with Crippen LogP contribution in [0.5, 0.6) is 0 Å². The Bertz CT molecular complexity index is 1200. The van der Waals surface area contributed by atoms with Crippen LogP contribution in [0.4, 0.5) is 10.1 Å². The van der Waals surface area contributed by atoms with E-state index < -0.39 is 17.3 Å². The fraction of sp³-hybridized carbons (Fsp3) is 0.240. The number of hydrogen-bond donors (Lipinski definition) is 2. The van der Waals surface area contributed by atoms with Gasteiger partial charge in [-0.25, -0.2) is 4.39 Å². The quantitative estimate of drug-likeness (QED) is 0.560. The molecule has 0 aliphatic carbocycles. The monoisotopic (exact) mass is 464 g/mol. The Balaban J connectivity index is 1.40. The molecule has 0 spiro atoms. The van der Waals surface area contributed by atoms with Crippen molar-refractivity contribution in [2.24, 2.45) is 0 Å². The Morgan fingerprint density at radius 3 is 2.35 bits per heavy atom. The van der Waals surface area contributed by atoms with Gasteiger partial charge in [-0.2, -0.15) is 0 Å². The summed E-state index contributed by atoms with van der Waals surface area (Å²) in [7, 11) is 0. The second-order valence-corrected chi connectivity index (χ2v) is 7.81. The third kappa shape index (κ3) is 5.75. The molecule has 0 atom stereocenters. The maximum absolute atomic E-state index is 13.0. The van der Waals surface area contributed by atoms with Crippen molar-refractivity contribution in [3.63, 3.8) is 0 Å². The lowest BCUT2D eigenvalue weighted by molar-refractivity contribution is 0.0383. The van der Waals surface area contributed by atoms with Gasteiger partial charge in [-0.3, -0.25) is 23.9 Å². The van der Waals surface area contributed by atoms with E-state index in [1.54, 1.807) is 36.5 Å². The van der Waals surface area contributed by atoms with Gasteiger partial charge in [-0.15, -0.1) is 0 Å². The molecule has 1 aromatic heterocycles. The molecule has 9 heteroatoms. The number of nitrogens with zero attached hydrogens (tertiary/aromatic N) is 2. The van der Waals surface area contributed by atoms with Gasteiger partial charge in [-0.05, 0) is 60.7 Å². The van der Waals surface area contributed by atoms with E-state index in [4.69, 9.17) is 4.74 Å². The van der Waals surface area contributed by atoms with E-state index in [1.165, 1.54) is 34.9 Å². The van der Waals surface area contributed by atoms with Gasteiger partial charge in [0.15, 0.2) is 0 Å². The maximum atomic E-state index is 13.0. The summed E-state index contributed by atoms with van der Waals surface area (Å²) in [6.07, 6.45) is 1.58. The topological polar surface area (TPSA) is 92.7 Å². The Labute approximate surface area is 196 Å². The highest BCUT2D eigenvalue weighted by molar-refractivity contribution is 6.04. The van der Waals surface area contributed by atoms with E-state index in [9.17, 15) is 18.8 Å². The van der Waals surface area contributed by atoms with Gasteiger partial charge in [0.2, 0.25) is 0 Å². The molecule has 34 heavy (non-hydrogen) atoms. The Morgan fingerprint density at radius 1 is 0.941 bits per heavy atom. The predicted octanol–water partition coefficient (Wildman–Crippen LogP) is 2.29. The molecule has 2 N–H and O–H groups in total. The number of morpholine rings is 1. The SMILES string of the molecule is O=C(Nc1ccc(-n2cccc(C(=O)NCCN3CCOCC3)c2=O)cc1)c1ccc(F)cc1. The van der Waals surface area contributed by atoms with E-state index in [-0.39, 0.29) is 11.5 Å². The number of nitrogens with one attached hydrogen (secondary N) is 2. The minimum absolute atomic E-state index is 0.0539. The second-order valence-electron chi connectivity index (χ2n) is 7.81. The van der Waals surface area contributed by atoms with Crippen molar-refractivity contribution in [2.45, 2.75) is 0 Å². The first kappa shape index (κ1) is 23.3. The molecule has 1 saturated heterocycles. The van der Waals surface area contributed by atoms with Gasteiger partial charge in [0.25, 0.3) is 17.4 Å². The molecule has 0 saturated carbocycles. The number of carbonyl (C=O) groups is 2. The zero-order valence-electron chi connectivity index (χ0n) is 18.5. The van der Waals surface area contributed by atoms with E-state index in [0.29, 0.717) is 43.2 Å². The highest BCUT2D eigenvalue weighted by Crippen LogP contribution is 2.14. The smallest absolute Gasteiger partial charge is 0.267 e. The van der Waals surface area contributed by atoms with Crippen LogP contribution in [0.2, 0.25) is 0 Å². The number of amides is 2. The van der Waals surface area contributed by atoms with Crippen molar-refractivity contribution in [1.29, 1.82) is 0 Å². The van der Waals surface area contributed by atoms with E-state index in [1.807, 2.05) is 0 Å². The largest absolute Gasteiger partial charge is 0.379 e. The standard InChI is InChI=1S/C25H25FN4O4/c26-19-5-3-18(4-6-19)23(31)28-20-7-9-21(10-8-20)30-12-1-2-22(25(30)33)24(32)27-11-13-29-14-16-34-17-15-29/h1-10,12H,11,13-17H2,(H,27,32)(H,28,31). The third-order valence-corrected chi connectivity index (χ3v) is 5.52. The summed E-state index contributed by atoms with van der Waals surface area (Å²) in [5.74, 6) is -1.21. The first-order valence-corrected chi connectivity index (χ1v) is 11.0. The summed E-state index contributed by atoms with van der Waals surface area (Å²) < 4.78 is 19.7. The van der Waals surface area contributed by atoms with Crippen molar-refractivity contribution in [3.8, 4) is 5.69 Å². The lowest BCUT2D eigenvalue weighted by Crippen LogP contribution is -2.42. The molecule has 176 valence electrons. The number of ether oxygens (including phenoxy) is 1. The van der Waals surface area contributed by atoms with Crippen molar-refractivity contribution in [1.82, 2.24) is 14.8 Å². The van der Waals surface area contributed by atoms with Crippen LogP contribution in [0.3, 0.4) is 0 Å². The van der Waals surface area contributed by atoms with Crippen molar-refractivity contribution >= 4 is 17.5 Å². The number of halogens is 1. The Kier molecular flexibility index (Phi) is 7.46. The molecule has 0 unspecified atom stereocenters. The average Bonchev–Trinajstić information content (AvgIpc) is 2.86. The van der Waals surface area contributed by atoms with Crippen LogP contribution < -0.4 is 16.2 Å². The molecule has 8 nitrogen and oxygen atoms in total. The molecule has 1 fully saturated rings. The second kappa shape index (κ2) is 10.9. The summed E-state index contributed by atoms with van der Waals surface area (Å²) in [6.45, 7) is 4.16. The molecule has 4 rings (SSSR count). The molecule has 2 heterocycles. The maximum Gasteiger partial charge on any atom is 0.267 e. The van der Waals surface area contributed by atoms with Crippen LogP contribution in [0.15, 0.2) is 71.7 Å². The van der Waals surface area contributed by atoms with E-state index in [0.717, 1.165) is 13.1 Å². The molecule has 3 aromatic rings. The van der Waals surface area contributed by atoms with Crippen LogP contribution in [0.25, 0.3) is 5.69 Å². The number of carbonyl (C=O) groups excluding carboxylic acids is 2. The fourth-order valence-electron chi connectivity index (χ4n) is 3.63. The summed E-state index contributed by atoms with van der Waals surface area (Å²) >= 11 is 0. The molecular formula is C25H25FN4O4. The fourth-order valence-corrected chi connectivity index (χ4v) is 3.63. The average molecular weight is 464 g/mol. The van der Waals surface area contributed by atoms with Gasteiger partial charge in [-0.1, -0.05) is 0 Å². The molecule has 1 aliphatic heterocycles. The van der Waals surface area contributed by atoms with Crippen LogP contribution in [0, 0.1) is 5.82 Å². The zero-order chi connectivity index (χ0) is 23.9. The number of hydrogen-bond acceptors (Lipinski definition) is 5. The molecule has 0 bridgehead atoms. The number of aromatic nitrogens is 1. The number of pyridine rings is 1. The van der Waals surface area contributed by atoms with Gasteiger partial charge >= 0.3 is 0 Å². The third-order valence-electron chi connectivity index (χ3n) is 5.52. The summed E-state index contributed by atoms with van der Waals surface area (Å²) in [5.41, 5.74) is 1.01. The summed E-state index contributed by atoms with van der Waals surface area (Å²) in [6, 6.07) is 15.0. The molecule has 2 amide bonds. The van der Waals surface area contributed by atoms with Gasteiger partial charge < -0.3 is 15.4 Å². The molecular weight excluding hydrogens is 439 g/mol. The lowest BCUT2D eigenvalue weighted by atomic mass is 10.2. The number of anilines is 1. The van der Waals surface area contributed by atoms with Gasteiger partial charge in [0.05, 0.1) is 13.2 Å². The number of benzene rings is 2. The molecule has 0 radical (unpaired) electrons. The minimum Gasteiger partial charge on any atom is -0.379 e. The summed E-state index contributed by atoms with van der Waals surface area (Å²) in [4.78, 5) is 40.0. The van der Waals surface area contributed by atoms with Crippen LogP contribution >= 0.6 is 0 Å². The van der Waals surface area contributed by atoms with E-state index >= 15 is 0 Å². The first-order chi connectivity index (χ1) is 16.5. The predicted molar refractivity (Wildman–Crippen MR) is 126 cm³/mol. The first-order valence-electron chi connectivity index (χ1n) is 11.0. The molecule has 1 aliphatic rings. The van der Waals surface area contributed by atoms with Gasteiger partial charge in [0.1, 0.15) is 11.4 Å². The van der Waals surface area contributed by atoms with Gasteiger partial charge in [0, 0.05) is 49.3 Å².